The third-order valence-electron chi connectivity index (χ3n) is 3.33. The van der Waals surface area contributed by atoms with Gasteiger partial charge < -0.3 is 15.2 Å². The molecule has 0 aromatic heterocycles. The van der Waals surface area contributed by atoms with Gasteiger partial charge in [0.1, 0.15) is 0 Å². The van der Waals surface area contributed by atoms with Gasteiger partial charge in [0, 0.05) is 37.4 Å². The summed E-state index contributed by atoms with van der Waals surface area (Å²) in [7, 11) is 0. The van der Waals surface area contributed by atoms with Crippen LogP contribution in [0.3, 0.4) is 0 Å². The van der Waals surface area contributed by atoms with E-state index >= 15 is 0 Å². The van der Waals surface area contributed by atoms with E-state index in [4.69, 9.17) is 9.84 Å². The molecule has 7 nitrogen and oxygen atoms in total. The summed E-state index contributed by atoms with van der Waals surface area (Å²) in [5.41, 5.74) is 0.252. The van der Waals surface area contributed by atoms with Gasteiger partial charge in [0.2, 0.25) is 0 Å². The molecule has 0 amide bonds. The van der Waals surface area contributed by atoms with Crippen molar-refractivity contribution in [2.75, 3.05) is 13.2 Å². The van der Waals surface area contributed by atoms with Gasteiger partial charge in [-0.05, 0) is 18.9 Å². The van der Waals surface area contributed by atoms with E-state index in [1.165, 1.54) is 12.1 Å². The Balaban J connectivity index is 2.09. The fourth-order valence-corrected chi connectivity index (χ4v) is 2.17. The van der Waals surface area contributed by atoms with Crippen molar-refractivity contribution < 1.29 is 19.6 Å². The molecule has 1 aliphatic rings. The number of nitro benzene ring substituents is 1. The Morgan fingerprint density at radius 2 is 2.15 bits per heavy atom. The smallest absolute Gasteiger partial charge is 0.335 e. The monoisotopic (exact) mass is 280 g/mol. The van der Waals surface area contributed by atoms with Gasteiger partial charge >= 0.3 is 5.97 Å². The molecule has 0 aliphatic carbocycles. The number of rotatable bonds is 5. The highest BCUT2D eigenvalue weighted by molar-refractivity contribution is 5.88. The summed E-state index contributed by atoms with van der Waals surface area (Å²) in [6.45, 7) is 1.73. The Morgan fingerprint density at radius 1 is 1.45 bits per heavy atom. The molecule has 0 spiro atoms. The SMILES string of the molecule is O=C(O)c1ccc(CNC2CCOCC2)c([N+](=O)[O-])c1. The largest absolute Gasteiger partial charge is 0.478 e. The van der Waals surface area contributed by atoms with Crippen LogP contribution in [0, 0.1) is 10.1 Å². The minimum atomic E-state index is -1.17. The Morgan fingerprint density at radius 3 is 2.75 bits per heavy atom. The quantitative estimate of drug-likeness (QED) is 0.627. The van der Waals surface area contributed by atoms with Gasteiger partial charge in [-0.2, -0.15) is 0 Å². The van der Waals surface area contributed by atoms with Crippen LogP contribution in [0.2, 0.25) is 0 Å². The van der Waals surface area contributed by atoms with E-state index in [1.807, 2.05) is 0 Å². The highest BCUT2D eigenvalue weighted by atomic mass is 16.6. The van der Waals surface area contributed by atoms with Crippen LogP contribution in [0.1, 0.15) is 28.8 Å². The molecule has 1 saturated heterocycles. The minimum Gasteiger partial charge on any atom is -0.478 e. The Kier molecular flexibility index (Phi) is 4.65. The second-order valence-corrected chi connectivity index (χ2v) is 4.67. The Labute approximate surface area is 115 Å². The molecule has 2 N–H and O–H groups in total. The van der Waals surface area contributed by atoms with Gasteiger partial charge in [-0.3, -0.25) is 10.1 Å². The zero-order chi connectivity index (χ0) is 14.5. The van der Waals surface area contributed by atoms with Crippen LogP contribution in [0.25, 0.3) is 0 Å². The van der Waals surface area contributed by atoms with Crippen molar-refractivity contribution >= 4 is 11.7 Å². The lowest BCUT2D eigenvalue weighted by Crippen LogP contribution is -2.34. The van der Waals surface area contributed by atoms with Gasteiger partial charge in [-0.15, -0.1) is 0 Å². The lowest BCUT2D eigenvalue weighted by Gasteiger charge is -2.23. The number of ether oxygens (including phenoxy) is 1. The first kappa shape index (κ1) is 14.4. The van der Waals surface area contributed by atoms with Gasteiger partial charge in [0.25, 0.3) is 5.69 Å². The molecule has 20 heavy (non-hydrogen) atoms. The second-order valence-electron chi connectivity index (χ2n) is 4.67. The molecule has 1 fully saturated rings. The first-order chi connectivity index (χ1) is 9.58. The average Bonchev–Trinajstić information content (AvgIpc) is 2.45. The third-order valence-corrected chi connectivity index (χ3v) is 3.33. The van der Waals surface area contributed by atoms with Crippen molar-refractivity contribution in [2.24, 2.45) is 0 Å². The van der Waals surface area contributed by atoms with E-state index in [9.17, 15) is 14.9 Å². The van der Waals surface area contributed by atoms with Crippen LogP contribution in [0.5, 0.6) is 0 Å². The highest BCUT2D eigenvalue weighted by Gasteiger charge is 2.19. The number of benzene rings is 1. The topological polar surface area (TPSA) is 102 Å². The number of nitrogens with zero attached hydrogens (tertiary/aromatic N) is 1. The number of hydrogen-bond donors (Lipinski definition) is 2. The van der Waals surface area contributed by atoms with Crippen LogP contribution in [-0.4, -0.2) is 35.3 Å². The fraction of sp³-hybridized carbons (Fsp3) is 0.462. The molecule has 0 unspecified atom stereocenters. The second kappa shape index (κ2) is 6.44. The van der Waals surface area contributed by atoms with E-state index < -0.39 is 10.9 Å². The lowest BCUT2D eigenvalue weighted by atomic mass is 10.1. The van der Waals surface area contributed by atoms with Crippen LogP contribution in [0.4, 0.5) is 5.69 Å². The van der Waals surface area contributed by atoms with Crippen molar-refractivity contribution in [1.82, 2.24) is 5.32 Å². The summed E-state index contributed by atoms with van der Waals surface area (Å²) >= 11 is 0. The predicted octanol–water partition coefficient (Wildman–Crippen LogP) is 1.56. The summed E-state index contributed by atoms with van der Waals surface area (Å²) < 4.78 is 5.24. The zero-order valence-corrected chi connectivity index (χ0v) is 10.9. The summed E-state index contributed by atoms with van der Waals surface area (Å²) in [6.07, 6.45) is 1.75. The maximum Gasteiger partial charge on any atom is 0.335 e. The summed E-state index contributed by atoms with van der Waals surface area (Å²) in [6, 6.07) is 4.26. The molecule has 1 aromatic carbocycles. The van der Waals surface area contributed by atoms with Crippen molar-refractivity contribution in [1.29, 1.82) is 0 Å². The predicted molar refractivity (Wildman–Crippen MR) is 70.7 cm³/mol. The number of nitro groups is 1. The van der Waals surface area contributed by atoms with E-state index in [0.717, 1.165) is 18.9 Å². The number of carboxylic acid groups (broad SMARTS) is 1. The molecule has 1 heterocycles. The summed E-state index contributed by atoms with van der Waals surface area (Å²) in [4.78, 5) is 21.3. The first-order valence-corrected chi connectivity index (χ1v) is 6.39. The van der Waals surface area contributed by atoms with Crippen molar-refractivity contribution in [3.63, 3.8) is 0 Å². The van der Waals surface area contributed by atoms with Crippen LogP contribution in [0.15, 0.2) is 18.2 Å². The van der Waals surface area contributed by atoms with Crippen molar-refractivity contribution in [3.8, 4) is 0 Å². The Hall–Kier alpha value is -1.99. The number of carboxylic acids is 1. The standard InChI is InChI=1S/C13H16N2O5/c16-13(17)9-1-2-10(12(7-9)15(18)19)8-14-11-3-5-20-6-4-11/h1-2,7,11,14H,3-6,8H2,(H,16,17). The van der Waals surface area contributed by atoms with Crippen molar-refractivity contribution in [2.45, 2.75) is 25.4 Å². The van der Waals surface area contributed by atoms with E-state index in [1.54, 1.807) is 0 Å². The van der Waals surface area contributed by atoms with E-state index in [2.05, 4.69) is 5.32 Å². The summed E-state index contributed by atoms with van der Waals surface area (Å²) in [5, 5.41) is 23.1. The fourth-order valence-electron chi connectivity index (χ4n) is 2.17. The lowest BCUT2D eigenvalue weighted by molar-refractivity contribution is -0.385. The molecular formula is C13H16N2O5. The maximum atomic E-state index is 11.0. The molecular weight excluding hydrogens is 264 g/mol. The van der Waals surface area contributed by atoms with Crippen molar-refractivity contribution in [3.05, 3.63) is 39.4 Å². The van der Waals surface area contributed by atoms with Gasteiger partial charge in [0.05, 0.1) is 10.5 Å². The summed E-state index contributed by atoms with van der Waals surface area (Å²) in [5.74, 6) is -1.17. The number of nitrogens with one attached hydrogen (secondary N) is 1. The maximum absolute atomic E-state index is 11.0. The minimum absolute atomic E-state index is 0.0773. The molecule has 108 valence electrons. The van der Waals surface area contributed by atoms with Crippen LogP contribution >= 0.6 is 0 Å². The molecule has 0 saturated carbocycles. The van der Waals surface area contributed by atoms with Crippen LogP contribution < -0.4 is 5.32 Å². The molecule has 0 bridgehead atoms. The number of hydrogen-bond acceptors (Lipinski definition) is 5. The van der Waals surface area contributed by atoms with E-state index in [0.29, 0.717) is 25.3 Å². The first-order valence-electron chi connectivity index (χ1n) is 6.39. The normalized spacial score (nSPS) is 16.0. The average molecular weight is 280 g/mol. The zero-order valence-electron chi connectivity index (χ0n) is 10.9. The van der Waals surface area contributed by atoms with Gasteiger partial charge in [-0.25, -0.2) is 4.79 Å². The number of carbonyl (C=O) groups is 1. The molecule has 0 atom stereocenters. The van der Waals surface area contributed by atoms with Crippen LogP contribution in [-0.2, 0) is 11.3 Å². The molecule has 2 rings (SSSR count). The molecule has 0 radical (unpaired) electrons. The highest BCUT2D eigenvalue weighted by Crippen LogP contribution is 2.21. The molecule has 1 aromatic rings. The molecule has 1 aliphatic heterocycles. The number of aromatic carboxylic acids is 1. The van der Waals surface area contributed by atoms with E-state index in [-0.39, 0.29) is 17.3 Å². The van der Waals surface area contributed by atoms with Gasteiger partial charge in [-0.1, -0.05) is 6.07 Å². The third kappa shape index (κ3) is 3.52. The Bertz CT molecular complexity index is 511. The molecule has 7 heteroatoms. The van der Waals surface area contributed by atoms with Gasteiger partial charge in [0.15, 0.2) is 0 Å².